The summed E-state index contributed by atoms with van der Waals surface area (Å²) in [5.74, 6) is 0.611. The van der Waals surface area contributed by atoms with Gasteiger partial charge in [0, 0.05) is 17.7 Å². The second kappa shape index (κ2) is 11.4. The van der Waals surface area contributed by atoms with E-state index in [1.807, 2.05) is 0 Å². The van der Waals surface area contributed by atoms with Gasteiger partial charge in [-0.25, -0.2) is 13.8 Å². The van der Waals surface area contributed by atoms with Crippen molar-refractivity contribution in [3.8, 4) is 17.1 Å². The van der Waals surface area contributed by atoms with E-state index in [1.54, 1.807) is 66.7 Å². The Kier molecular flexibility index (Phi) is 7.83. The van der Waals surface area contributed by atoms with Gasteiger partial charge in [-0.2, -0.15) is 5.10 Å². The van der Waals surface area contributed by atoms with E-state index >= 15 is 0 Å². The monoisotopic (exact) mass is 534 g/mol. The summed E-state index contributed by atoms with van der Waals surface area (Å²) in [5.41, 5.74) is 3.17. The summed E-state index contributed by atoms with van der Waals surface area (Å²) in [6.07, 6.45) is 1.26. The molecule has 12 heteroatoms. The van der Waals surface area contributed by atoms with E-state index in [2.05, 4.69) is 10.5 Å². The molecule has 0 bridgehead atoms. The van der Waals surface area contributed by atoms with Gasteiger partial charge in [0.15, 0.2) is 0 Å². The molecule has 1 heterocycles. The smallest absolute Gasteiger partial charge is 0.269 e. The zero-order chi connectivity index (χ0) is 27.1. The van der Waals surface area contributed by atoms with Crippen LogP contribution in [0.2, 0.25) is 0 Å². The molecule has 1 aromatic heterocycles. The molecule has 0 fully saturated rings. The molecule has 0 aliphatic rings. The number of methoxy groups -OCH3 is 1. The number of nitro benzene ring substituents is 1. The Hall–Kier alpha value is -4.97. The number of hydrazone groups is 1. The number of nitro groups is 1. The number of hydrogen-bond acceptors (Lipinski definition) is 8. The molecule has 3 aromatic carbocycles. The highest BCUT2D eigenvalue weighted by Crippen LogP contribution is 2.26. The molecular formula is C26H22N4O7S. The third-order valence-corrected chi connectivity index (χ3v) is 7.14. The second-order valence-electron chi connectivity index (χ2n) is 7.82. The number of anilines is 1. The lowest BCUT2D eigenvalue weighted by Crippen LogP contribution is -2.39. The number of ether oxygens (including phenoxy) is 1. The maximum Gasteiger partial charge on any atom is 0.269 e. The lowest BCUT2D eigenvalue weighted by molar-refractivity contribution is -0.384. The fourth-order valence-electron chi connectivity index (χ4n) is 3.44. The van der Waals surface area contributed by atoms with Crippen LogP contribution in [0, 0.1) is 10.1 Å². The normalized spacial score (nSPS) is 11.3. The van der Waals surface area contributed by atoms with Gasteiger partial charge in [-0.3, -0.25) is 19.2 Å². The van der Waals surface area contributed by atoms with Crippen LogP contribution in [0.25, 0.3) is 11.3 Å². The SMILES string of the molecule is COc1ccc(N(CC(=O)N/N=C\c2ccc(-c3ccc([N+](=O)[O-])cc3)o2)S(=O)(=O)c2ccccc2)cc1. The summed E-state index contributed by atoms with van der Waals surface area (Å²) in [4.78, 5) is 23.0. The minimum absolute atomic E-state index is 0.0291. The highest BCUT2D eigenvalue weighted by atomic mass is 32.2. The average Bonchev–Trinajstić information content (AvgIpc) is 3.41. The number of carbonyl (C=O) groups is 1. The summed E-state index contributed by atoms with van der Waals surface area (Å²) in [6.45, 7) is -0.535. The van der Waals surface area contributed by atoms with Crippen molar-refractivity contribution in [2.45, 2.75) is 4.90 Å². The van der Waals surface area contributed by atoms with Crippen LogP contribution in [-0.4, -0.2) is 39.1 Å². The molecule has 4 aromatic rings. The first-order valence-corrected chi connectivity index (χ1v) is 12.6. The molecule has 0 saturated carbocycles. The van der Waals surface area contributed by atoms with Crippen LogP contribution in [0.1, 0.15) is 5.76 Å². The summed E-state index contributed by atoms with van der Waals surface area (Å²) in [5, 5.41) is 14.7. The molecule has 0 radical (unpaired) electrons. The Morgan fingerprint density at radius 3 is 2.34 bits per heavy atom. The standard InChI is InChI=1S/C26H22N4O7S/c1-36-22-13-11-20(12-14-22)29(38(34,35)24-5-3-2-4-6-24)18-26(31)28-27-17-23-15-16-25(37-23)19-7-9-21(10-8-19)30(32)33/h2-17H,18H2,1H3,(H,28,31)/b27-17-. The van der Waals surface area contributed by atoms with Crippen molar-refractivity contribution in [1.82, 2.24) is 5.43 Å². The number of sulfonamides is 1. The Bertz CT molecular complexity index is 1550. The van der Waals surface area contributed by atoms with Crippen molar-refractivity contribution in [2.75, 3.05) is 18.0 Å². The molecule has 0 atom stereocenters. The number of nitrogens with zero attached hydrogens (tertiary/aromatic N) is 3. The minimum Gasteiger partial charge on any atom is -0.497 e. The number of furan rings is 1. The maximum absolute atomic E-state index is 13.3. The first-order chi connectivity index (χ1) is 18.3. The third-order valence-electron chi connectivity index (χ3n) is 5.35. The molecular weight excluding hydrogens is 512 g/mol. The Morgan fingerprint density at radius 1 is 1.03 bits per heavy atom. The van der Waals surface area contributed by atoms with Gasteiger partial charge >= 0.3 is 0 Å². The van der Waals surface area contributed by atoms with E-state index in [1.165, 1.54) is 37.6 Å². The molecule has 0 aliphatic carbocycles. The molecule has 0 aliphatic heterocycles. The van der Waals surface area contributed by atoms with Crippen LogP contribution in [0.15, 0.2) is 105 Å². The Labute approximate surface area is 218 Å². The van der Waals surface area contributed by atoms with Crippen LogP contribution in [0.3, 0.4) is 0 Å². The van der Waals surface area contributed by atoms with Gasteiger partial charge in [-0.1, -0.05) is 18.2 Å². The quantitative estimate of drug-likeness (QED) is 0.182. The van der Waals surface area contributed by atoms with Gasteiger partial charge in [0.2, 0.25) is 0 Å². The topological polar surface area (TPSA) is 144 Å². The lowest BCUT2D eigenvalue weighted by Gasteiger charge is -2.23. The van der Waals surface area contributed by atoms with Crippen LogP contribution < -0.4 is 14.5 Å². The molecule has 1 N–H and O–H groups in total. The number of carbonyl (C=O) groups excluding carboxylic acids is 1. The lowest BCUT2D eigenvalue weighted by atomic mass is 10.1. The molecule has 194 valence electrons. The van der Waals surface area contributed by atoms with Crippen LogP contribution in [-0.2, 0) is 14.8 Å². The molecule has 11 nitrogen and oxygen atoms in total. The molecule has 1 amide bonds. The number of amides is 1. The number of rotatable bonds is 10. The summed E-state index contributed by atoms with van der Waals surface area (Å²) >= 11 is 0. The zero-order valence-electron chi connectivity index (χ0n) is 20.1. The van der Waals surface area contributed by atoms with Crippen LogP contribution in [0.4, 0.5) is 11.4 Å². The zero-order valence-corrected chi connectivity index (χ0v) is 20.9. The summed E-state index contributed by atoms with van der Waals surface area (Å²) in [6, 6.07) is 23.2. The van der Waals surface area contributed by atoms with Crippen LogP contribution in [0.5, 0.6) is 5.75 Å². The molecule has 0 spiro atoms. The fourth-order valence-corrected chi connectivity index (χ4v) is 4.88. The first kappa shape index (κ1) is 26.1. The highest BCUT2D eigenvalue weighted by molar-refractivity contribution is 7.92. The number of hydrogen-bond donors (Lipinski definition) is 1. The third kappa shape index (κ3) is 6.05. The second-order valence-corrected chi connectivity index (χ2v) is 9.68. The van der Waals surface area contributed by atoms with Crippen molar-refractivity contribution in [3.63, 3.8) is 0 Å². The fraction of sp³-hybridized carbons (Fsp3) is 0.0769. The minimum atomic E-state index is -4.06. The number of nitrogens with one attached hydrogen (secondary N) is 1. The first-order valence-electron chi connectivity index (χ1n) is 11.2. The van der Waals surface area contributed by atoms with E-state index in [0.29, 0.717) is 22.8 Å². The van der Waals surface area contributed by atoms with Crippen molar-refractivity contribution in [3.05, 3.63) is 107 Å². The Balaban J connectivity index is 1.47. The number of non-ortho nitro benzene ring substituents is 1. The van der Waals surface area contributed by atoms with Crippen LogP contribution >= 0.6 is 0 Å². The predicted octanol–water partition coefficient (Wildman–Crippen LogP) is 4.21. The van der Waals surface area contributed by atoms with E-state index in [0.717, 1.165) is 4.31 Å². The number of benzene rings is 3. The van der Waals surface area contributed by atoms with Gasteiger partial charge in [0.05, 0.1) is 28.8 Å². The Morgan fingerprint density at radius 2 is 1.71 bits per heavy atom. The van der Waals surface area contributed by atoms with E-state index < -0.39 is 27.4 Å². The van der Waals surface area contributed by atoms with E-state index in [-0.39, 0.29) is 16.3 Å². The van der Waals surface area contributed by atoms with Gasteiger partial charge in [-0.05, 0) is 60.7 Å². The van der Waals surface area contributed by atoms with E-state index in [4.69, 9.17) is 9.15 Å². The highest BCUT2D eigenvalue weighted by Gasteiger charge is 2.27. The van der Waals surface area contributed by atoms with Crippen molar-refractivity contribution in [2.24, 2.45) is 5.10 Å². The van der Waals surface area contributed by atoms with Gasteiger partial charge in [-0.15, -0.1) is 0 Å². The summed E-state index contributed by atoms with van der Waals surface area (Å²) in [7, 11) is -2.57. The van der Waals surface area contributed by atoms with E-state index in [9.17, 15) is 23.3 Å². The van der Waals surface area contributed by atoms with Crippen molar-refractivity contribution in [1.29, 1.82) is 0 Å². The molecule has 4 rings (SSSR count). The van der Waals surface area contributed by atoms with Crippen molar-refractivity contribution >= 4 is 33.5 Å². The molecule has 0 saturated heterocycles. The van der Waals surface area contributed by atoms with Crippen molar-refractivity contribution < 1.29 is 27.3 Å². The summed E-state index contributed by atoms with van der Waals surface area (Å²) < 4.78 is 38.4. The molecule has 38 heavy (non-hydrogen) atoms. The van der Waals surface area contributed by atoms with Gasteiger partial charge in [0.25, 0.3) is 21.6 Å². The predicted molar refractivity (Wildman–Crippen MR) is 141 cm³/mol. The van der Waals surface area contributed by atoms with Gasteiger partial charge in [0.1, 0.15) is 23.8 Å². The largest absolute Gasteiger partial charge is 0.497 e. The van der Waals surface area contributed by atoms with Gasteiger partial charge < -0.3 is 9.15 Å². The average molecular weight is 535 g/mol. The molecule has 0 unspecified atom stereocenters. The maximum atomic E-state index is 13.3.